The third-order valence-electron chi connectivity index (χ3n) is 10.9. The molecule has 9 rings (SSSR count). The summed E-state index contributed by atoms with van der Waals surface area (Å²) in [6.07, 6.45) is 0. The third-order valence-corrected chi connectivity index (χ3v) is 10.9. The smallest absolute Gasteiger partial charge is 0.167 e. The lowest BCUT2D eigenvalue weighted by atomic mass is 9.79. The molecular weight excluding hydrogens is 687 g/mol. The van der Waals surface area contributed by atoms with Crippen LogP contribution in [0.1, 0.15) is 79.0 Å². The average molecular weight is 734 g/mol. The summed E-state index contributed by atoms with van der Waals surface area (Å²) in [6, 6.07) is 42.3. The van der Waals surface area contributed by atoms with Gasteiger partial charge in [0, 0.05) is 43.8 Å². The molecule has 0 saturated heterocycles. The van der Waals surface area contributed by atoms with Gasteiger partial charge in [0.25, 0.3) is 0 Å². The summed E-state index contributed by atoms with van der Waals surface area (Å²) in [4.78, 5) is 15.1. The van der Waals surface area contributed by atoms with Crippen LogP contribution in [0.4, 0.5) is 0 Å². The van der Waals surface area contributed by atoms with Crippen LogP contribution in [0.5, 0.6) is 0 Å². The van der Waals surface area contributed by atoms with Gasteiger partial charge in [-0.25, -0.2) is 15.0 Å². The second-order valence-corrected chi connectivity index (χ2v) is 18.2. The molecule has 9 aromatic rings. The summed E-state index contributed by atoms with van der Waals surface area (Å²) >= 11 is 0. The van der Waals surface area contributed by atoms with Crippen LogP contribution in [0.3, 0.4) is 0 Å². The highest BCUT2D eigenvalue weighted by atomic mass is 16.3. The van der Waals surface area contributed by atoms with Crippen molar-refractivity contribution in [1.82, 2.24) is 15.0 Å². The maximum atomic E-state index is 6.91. The molecule has 6 aromatic carbocycles. The lowest BCUT2D eigenvalue weighted by Crippen LogP contribution is -2.16. The van der Waals surface area contributed by atoms with Crippen LogP contribution >= 0.6 is 0 Å². The Bertz CT molecular complexity index is 2950. The van der Waals surface area contributed by atoms with Gasteiger partial charge in [0.15, 0.2) is 17.5 Å². The number of hydrogen-bond acceptors (Lipinski definition) is 5. The van der Waals surface area contributed by atoms with Crippen LogP contribution in [0.2, 0.25) is 0 Å². The van der Waals surface area contributed by atoms with Gasteiger partial charge in [0.05, 0.1) is 5.56 Å². The molecule has 0 aliphatic rings. The summed E-state index contributed by atoms with van der Waals surface area (Å²) in [5, 5.41) is 4.43. The molecular formula is C51H47N3O2. The van der Waals surface area contributed by atoms with Gasteiger partial charge in [-0.1, -0.05) is 153 Å². The predicted molar refractivity (Wildman–Crippen MR) is 232 cm³/mol. The van der Waals surface area contributed by atoms with Crippen molar-refractivity contribution >= 4 is 43.9 Å². The van der Waals surface area contributed by atoms with Crippen LogP contribution in [-0.2, 0) is 16.2 Å². The fourth-order valence-corrected chi connectivity index (χ4v) is 7.77. The average Bonchev–Trinajstić information content (AvgIpc) is 3.75. The van der Waals surface area contributed by atoms with E-state index in [4.69, 9.17) is 23.8 Å². The monoisotopic (exact) mass is 733 g/mol. The number of aromatic nitrogens is 3. The number of nitrogens with zero attached hydrogens (tertiary/aromatic N) is 3. The summed E-state index contributed by atoms with van der Waals surface area (Å²) in [5.41, 5.74) is 12.0. The van der Waals surface area contributed by atoms with Crippen LogP contribution in [0, 0.1) is 0 Å². The van der Waals surface area contributed by atoms with Gasteiger partial charge in [-0.2, -0.15) is 0 Å². The van der Waals surface area contributed by atoms with E-state index in [-0.39, 0.29) is 16.2 Å². The highest BCUT2D eigenvalue weighted by Crippen LogP contribution is 2.45. The minimum Gasteiger partial charge on any atom is -0.455 e. The number of furan rings is 2. The van der Waals surface area contributed by atoms with E-state index < -0.39 is 0 Å². The van der Waals surface area contributed by atoms with Crippen molar-refractivity contribution in [3.05, 3.63) is 138 Å². The van der Waals surface area contributed by atoms with E-state index >= 15 is 0 Å². The van der Waals surface area contributed by atoms with E-state index in [0.717, 1.165) is 66.3 Å². The van der Waals surface area contributed by atoms with Crippen LogP contribution in [0.25, 0.3) is 89.2 Å². The Morgan fingerprint density at radius 1 is 0.375 bits per heavy atom. The zero-order chi connectivity index (χ0) is 39.1. The minimum absolute atomic E-state index is 0.00801. The van der Waals surface area contributed by atoms with Crippen molar-refractivity contribution in [3.63, 3.8) is 0 Å². The number of fused-ring (bicyclic) bond motifs is 6. The Labute approximate surface area is 328 Å². The molecule has 5 nitrogen and oxygen atoms in total. The summed E-state index contributed by atoms with van der Waals surface area (Å²) < 4.78 is 13.3. The molecule has 0 amide bonds. The molecule has 278 valence electrons. The van der Waals surface area contributed by atoms with E-state index in [1.54, 1.807) is 0 Å². The molecule has 0 aliphatic heterocycles. The molecule has 0 saturated carbocycles. The Morgan fingerprint density at radius 3 is 1.59 bits per heavy atom. The Balaban J connectivity index is 1.20. The van der Waals surface area contributed by atoms with E-state index in [1.165, 1.54) is 22.1 Å². The number of hydrogen-bond donors (Lipinski definition) is 0. The summed E-state index contributed by atoms with van der Waals surface area (Å²) in [7, 11) is 0. The van der Waals surface area contributed by atoms with Gasteiger partial charge in [0.2, 0.25) is 0 Å². The van der Waals surface area contributed by atoms with Gasteiger partial charge in [-0.15, -0.1) is 0 Å². The molecule has 0 unspecified atom stereocenters. The Morgan fingerprint density at radius 2 is 0.929 bits per heavy atom. The van der Waals surface area contributed by atoms with Crippen molar-refractivity contribution in [1.29, 1.82) is 0 Å². The molecule has 0 atom stereocenters. The van der Waals surface area contributed by atoms with Crippen molar-refractivity contribution in [3.8, 4) is 45.3 Å². The molecule has 0 N–H and O–H groups in total. The van der Waals surface area contributed by atoms with Crippen LogP contribution in [-0.4, -0.2) is 15.0 Å². The normalized spacial score (nSPS) is 12.7. The molecule has 0 bridgehead atoms. The molecule has 0 aliphatic carbocycles. The van der Waals surface area contributed by atoms with Gasteiger partial charge < -0.3 is 8.83 Å². The highest BCUT2D eigenvalue weighted by molar-refractivity contribution is 6.10. The molecule has 3 heterocycles. The standard InChI is InChI=1S/C51H47N3O2/c1-49(2,3)34-28-39-38-26-33(27-40(50(4,5)6)44(38)56-45(39)41(29-34)51(7,8)9)30-22-24-32(25-23-30)47-52-46(31-16-11-10-12-17-31)53-48(54-47)37-20-15-19-36-35-18-13-14-21-42(35)55-43(36)37/h10-29H,1-9H3. The second kappa shape index (κ2) is 12.7. The van der Waals surface area contributed by atoms with Crippen LogP contribution in [0.15, 0.2) is 130 Å². The number of para-hydroxylation sites is 2. The molecule has 0 spiro atoms. The quantitative estimate of drug-likeness (QED) is 0.180. The van der Waals surface area contributed by atoms with Crippen LogP contribution < -0.4 is 0 Å². The molecule has 0 radical (unpaired) electrons. The third kappa shape index (κ3) is 6.16. The topological polar surface area (TPSA) is 65.0 Å². The highest BCUT2D eigenvalue weighted by Gasteiger charge is 2.28. The first-order chi connectivity index (χ1) is 26.6. The first-order valence-electron chi connectivity index (χ1n) is 19.5. The number of rotatable bonds is 4. The first-order valence-corrected chi connectivity index (χ1v) is 19.5. The zero-order valence-corrected chi connectivity index (χ0v) is 33.7. The first kappa shape index (κ1) is 35.6. The molecule has 0 fully saturated rings. The SMILES string of the molecule is CC(C)(C)c1cc(C(C)(C)C)c2oc3c(C(C)(C)C)cc(-c4ccc(-c5nc(-c6ccccc6)nc(-c6cccc7c6oc6ccccc67)n5)cc4)cc3c2c1. The van der Waals surface area contributed by atoms with Crippen molar-refractivity contribution < 1.29 is 8.83 Å². The largest absolute Gasteiger partial charge is 0.455 e. The van der Waals surface area contributed by atoms with E-state index in [0.29, 0.717) is 17.5 Å². The van der Waals surface area contributed by atoms with Crippen molar-refractivity contribution in [2.45, 2.75) is 78.6 Å². The fourth-order valence-electron chi connectivity index (χ4n) is 7.77. The van der Waals surface area contributed by atoms with E-state index in [9.17, 15) is 0 Å². The lowest BCUT2D eigenvalue weighted by Gasteiger charge is -2.25. The predicted octanol–water partition coefficient (Wildman–Crippen LogP) is 14.2. The Hall–Kier alpha value is -6.07. The summed E-state index contributed by atoms with van der Waals surface area (Å²) in [5.74, 6) is 1.78. The lowest BCUT2D eigenvalue weighted by molar-refractivity contribution is 0.550. The van der Waals surface area contributed by atoms with Gasteiger partial charge in [-0.3, -0.25) is 0 Å². The Kier molecular flexibility index (Phi) is 8.10. The fraction of sp³-hybridized carbons (Fsp3) is 0.235. The van der Waals surface area contributed by atoms with E-state index in [1.807, 2.05) is 60.7 Å². The minimum atomic E-state index is -0.144. The van der Waals surface area contributed by atoms with Gasteiger partial charge in [0.1, 0.15) is 22.3 Å². The van der Waals surface area contributed by atoms with Gasteiger partial charge in [-0.05, 0) is 63.3 Å². The molecule has 56 heavy (non-hydrogen) atoms. The van der Waals surface area contributed by atoms with E-state index in [2.05, 4.69) is 123 Å². The van der Waals surface area contributed by atoms with Crippen molar-refractivity contribution in [2.75, 3.05) is 0 Å². The maximum absolute atomic E-state index is 6.91. The zero-order valence-electron chi connectivity index (χ0n) is 33.7. The molecule has 5 heteroatoms. The summed E-state index contributed by atoms with van der Waals surface area (Å²) in [6.45, 7) is 20.5. The second-order valence-electron chi connectivity index (χ2n) is 18.2. The molecule has 3 aromatic heterocycles. The maximum Gasteiger partial charge on any atom is 0.167 e. The number of benzene rings is 6. The van der Waals surface area contributed by atoms with Gasteiger partial charge >= 0.3 is 0 Å². The van der Waals surface area contributed by atoms with Crippen molar-refractivity contribution in [2.24, 2.45) is 0 Å².